The molecule has 0 amide bonds. The Balaban J connectivity index is 1.53. The quantitative estimate of drug-likeness (QED) is 0.873. The van der Waals surface area contributed by atoms with Gasteiger partial charge in [0.15, 0.2) is 0 Å². The molecule has 26 heavy (non-hydrogen) atoms. The van der Waals surface area contributed by atoms with Crippen LogP contribution in [0.5, 0.6) is 0 Å². The van der Waals surface area contributed by atoms with Gasteiger partial charge in [0, 0.05) is 36.5 Å². The van der Waals surface area contributed by atoms with Gasteiger partial charge in [0.2, 0.25) is 5.95 Å². The summed E-state index contributed by atoms with van der Waals surface area (Å²) in [6, 6.07) is 10.7. The van der Waals surface area contributed by atoms with Gasteiger partial charge in [-0.25, -0.2) is 4.98 Å². The lowest BCUT2D eigenvalue weighted by atomic mass is 9.82. The molecule has 2 aromatic rings. The maximum atomic E-state index is 6.17. The van der Waals surface area contributed by atoms with Crippen LogP contribution >= 0.6 is 0 Å². The fourth-order valence-electron chi connectivity index (χ4n) is 5.19. The van der Waals surface area contributed by atoms with Gasteiger partial charge in [0.05, 0.1) is 5.69 Å². The van der Waals surface area contributed by atoms with Crippen molar-refractivity contribution in [3.8, 4) is 0 Å². The number of rotatable bonds is 2. The fraction of sp³-hybridized carbons (Fsp3) is 0.524. The molecule has 5 heteroatoms. The summed E-state index contributed by atoms with van der Waals surface area (Å²) in [5.74, 6) is 1.87. The van der Waals surface area contributed by atoms with Gasteiger partial charge >= 0.3 is 0 Å². The number of fused-ring (bicyclic) bond motifs is 1. The zero-order valence-electron chi connectivity index (χ0n) is 15.2. The molecular weight excluding hydrogens is 322 g/mol. The highest BCUT2D eigenvalue weighted by atomic mass is 15.2. The summed E-state index contributed by atoms with van der Waals surface area (Å²) in [6.07, 6.45) is 5.92. The molecule has 3 heterocycles. The van der Waals surface area contributed by atoms with Gasteiger partial charge in [0.25, 0.3) is 0 Å². The number of nitrogen functional groups attached to an aromatic ring is 1. The molecule has 1 aliphatic carbocycles. The third kappa shape index (κ3) is 2.65. The van der Waals surface area contributed by atoms with Crippen LogP contribution in [0, 0.1) is 5.41 Å². The second kappa shape index (κ2) is 6.23. The molecule has 1 spiro atoms. The minimum atomic E-state index is 0.341. The topological polar surface area (TPSA) is 67.1 Å². The third-order valence-corrected chi connectivity index (χ3v) is 6.56. The predicted octanol–water partition coefficient (Wildman–Crippen LogP) is 2.72. The van der Waals surface area contributed by atoms with Crippen LogP contribution < -0.4 is 16.0 Å². The number of hydrogen-bond acceptors (Lipinski definition) is 5. The molecular formula is C21H27N5. The summed E-state index contributed by atoms with van der Waals surface area (Å²) in [6.45, 7) is 4.46. The second-order valence-electron chi connectivity index (χ2n) is 8.22. The molecule has 2 unspecified atom stereocenters. The normalized spacial score (nSPS) is 27.8. The van der Waals surface area contributed by atoms with Gasteiger partial charge < -0.3 is 16.0 Å². The Hall–Kier alpha value is -2.14. The highest BCUT2D eigenvalue weighted by Gasteiger charge is 2.42. The first kappa shape index (κ1) is 16.1. The van der Waals surface area contributed by atoms with Crippen LogP contribution in [0.2, 0.25) is 0 Å². The van der Waals surface area contributed by atoms with E-state index >= 15 is 0 Å². The van der Waals surface area contributed by atoms with E-state index in [4.69, 9.17) is 15.7 Å². The summed E-state index contributed by atoms with van der Waals surface area (Å²) in [5, 5.41) is 3.55. The van der Waals surface area contributed by atoms with Crippen molar-refractivity contribution < 1.29 is 0 Å². The van der Waals surface area contributed by atoms with Crippen molar-refractivity contribution in [2.75, 3.05) is 36.8 Å². The standard InChI is InChI=1S/C21H27N5/c22-20-24-18-16(15-5-2-1-3-6-15)7-4-8-17(18)19(25-20)26-12-10-21(14-26)9-11-23-13-21/h1-3,5-6,16,23H,4,7-14H2,(H2,22,24,25). The molecule has 5 rings (SSSR count). The molecule has 1 aromatic carbocycles. The van der Waals surface area contributed by atoms with E-state index in [1.165, 1.54) is 30.4 Å². The van der Waals surface area contributed by atoms with E-state index in [9.17, 15) is 0 Å². The summed E-state index contributed by atoms with van der Waals surface area (Å²) < 4.78 is 0. The smallest absolute Gasteiger partial charge is 0.222 e. The van der Waals surface area contributed by atoms with Crippen molar-refractivity contribution in [2.45, 2.75) is 38.0 Å². The largest absolute Gasteiger partial charge is 0.368 e. The number of benzene rings is 1. The Morgan fingerprint density at radius 2 is 2.04 bits per heavy atom. The van der Waals surface area contributed by atoms with Crippen molar-refractivity contribution >= 4 is 11.8 Å². The maximum absolute atomic E-state index is 6.17. The summed E-state index contributed by atoms with van der Waals surface area (Å²) in [4.78, 5) is 11.9. The first-order valence-corrected chi connectivity index (χ1v) is 9.91. The second-order valence-corrected chi connectivity index (χ2v) is 8.22. The average Bonchev–Trinajstić information content (AvgIpc) is 3.31. The summed E-state index contributed by atoms with van der Waals surface area (Å²) >= 11 is 0. The SMILES string of the molecule is Nc1nc2c(c(N3CCC4(CCNC4)C3)n1)CCCC2c1ccccc1. The predicted molar refractivity (Wildman–Crippen MR) is 104 cm³/mol. The minimum Gasteiger partial charge on any atom is -0.368 e. The van der Waals surface area contributed by atoms with Crippen LogP contribution in [0.4, 0.5) is 11.8 Å². The third-order valence-electron chi connectivity index (χ3n) is 6.56. The van der Waals surface area contributed by atoms with Gasteiger partial charge in [-0.3, -0.25) is 0 Å². The van der Waals surface area contributed by atoms with Crippen molar-refractivity contribution in [3.63, 3.8) is 0 Å². The Morgan fingerprint density at radius 1 is 1.15 bits per heavy atom. The van der Waals surface area contributed by atoms with Gasteiger partial charge in [-0.05, 0) is 44.2 Å². The lowest BCUT2D eigenvalue weighted by Gasteiger charge is -2.30. The molecule has 0 bridgehead atoms. The zero-order chi connectivity index (χ0) is 17.6. The van der Waals surface area contributed by atoms with Gasteiger partial charge in [-0.1, -0.05) is 30.3 Å². The number of hydrogen-bond donors (Lipinski definition) is 2. The van der Waals surface area contributed by atoms with Crippen molar-refractivity contribution in [1.82, 2.24) is 15.3 Å². The molecule has 2 saturated heterocycles. The first-order valence-electron chi connectivity index (χ1n) is 9.91. The lowest BCUT2D eigenvalue weighted by molar-refractivity contribution is 0.369. The number of nitrogens with one attached hydrogen (secondary N) is 1. The molecule has 3 N–H and O–H groups in total. The molecule has 2 aliphatic heterocycles. The van der Waals surface area contributed by atoms with Crippen LogP contribution in [0.3, 0.4) is 0 Å². The van der Waals surface area contributed by atoms with Crippen molar-refractivity contribution in [1.29, 1.82) is 0 Å². The van der Waals surface area contributed by atoms with Gasteiger partial charge in [-0.2, -0.15) is 4.98 Å². The van der Waals surface area contributed by atoms with Crippen molar-refractivity contribution in [3.05, 3.63) is 47.2 Å². The first-order chi connectivity index (χ1) is 12.7. The van der Waals surface area contributed by atoms with E-state index in [-0.39, 0.29) is 0 Å². The minimum absolute atomic E-state index is 0.341. The van der Waals surface area contributed by atoms with E-state index in [1.807, 2.05) is 0 Å². The number of nitrogens with two attached hydrogens (primary N) is 1. The van der Waals surface area contributed by atoms with E-state index in [1.54, 1.807) is 0 Å². The van der Waals surface area contributed by atoms with Gasteiger partial charge in [0.1, 0.15) is 5.82 Å². The highest BCUT2D eigenvalue weighted by molar-refractivity contribution is 5.56. The maximum Gasteiger partial charge on any atom is 0.222 e. The number of aromatic nitrogens is 2. The van der Waals surface area contributed by atoms with Crippen LogP contribution in [0.1, 0.15) is 48.4 Å². The van der Waals surface area contributed by atoms with E-state index in [2.05, 4.69) is 40.5 Å². The fourth-order valence-corrected chi connectivity index (χ4v) is 5.19. The number of anilines is 2. The van der Waals surface area contributed by atoms with E-state index < -0.39 is 0 Å². The molecule has 3 aliphatic rings. The van der Waals surface area contributed by atoms with E-state index in [0.29, 0.717) is 17.3 Å². The molecule has 2 fully saturated rings. The summed E-state index contributed by atoms with van der Waals surface area (Å²) in [5.41, 5.74) is 10.4. The van der Waals surface area contributed by atoms with Gasteiger partial charge in [-0.15, -0.1) is 0 Å². The van der Waals surface area contributed by atoms with Crippen LogP contribution in [0.25, 0.3) is 0 Å². The monoisotopic (exact) mass is 349 g/mol. The van der Waals surface area contributed by atoms with Crippen LogP contribution in [-0.2, 0) is 6.42 Å². The molecule has 1 aromatic heterocycles. The number of nitrogens with zero attached hydrogens (tertiary/aromatic N) is 3. The Morgan fingerprint density at radius 3 is 2.85 bits per heavy atom. The van der Waals surface area contributed by atoms with E-state index in [0.717, 1.165) is 50.5 Å². The Kier molecular flexibility index (Phi) is 3.85. The molecule has 5 nitrogen and oxygen atoms in total. The van der Waals surface area contributed by atoms with Crippen LogP contribution in [-0.4, -0.2) is 36.1 Å². The zero-order valence-corrected chi connectivity index (χ0v) is 15.2. The highest BCUT2D eigenvalue weighted by Crippen LogP contribution is 2.43. The molecule has 0 saturated carbocycles. The summed E-state index contributed by atoms with van der Waals surface area (Å²) in [7, 11) is 0. The lowest BCUT2D eigenvalue weighted by Crippen LogP contribution is -2.31. The average molecular weight is 349 g/mol. The Bertz CT molecular complexity index is 798. The van der Waals surface area contributed by atoms with Crippen LogP contribution in [0.15, 0.2) is 30.3 Å². The molecule has 136 valence electrons. The Labute approximate surface area is 155 Å². The van der Waals surface area contributed by atoms with Crippen molar-refractivity contribution in [2.24, 2.45) is 5.41 Å². The molecule has 2 atom stereocenters. The molecule has 0 radical (unpaired) electrons.